The molecule has 6 heterocycles. The summed E-state index contributed by atoms with van der Waals surface area (Å²) in [5, 5.41) is 17.8. The van der Waals surface area contributed by atoms with Gasteiger partial charge in [-0.15, -0.1) is 0 Å². The van der Waals surface area contributed by atoms with Crippen molar-refractivity contribution < 1.29 is 9.90 Å². The predicted octanol–water partition coefficient (Wildman–Crippen LogP) is 4.09. The van der Waals surface area contributed by atoms with Crippen LogP contribution in [0.4, 0.5) is 0 Å². The van der Waals surface area contributed by atoms with Crippen LogP contribution >= 0.6 is 0 Å². The number of benzene rings is 2. The largest absolute Gasteiger partial charge is 0.477 e. The van der Waals surface area contributed by atoms with Crippen molar-refractivity contribution in [3.63, 3.8) is 0 Å². The Hall–Kier alpha value is -6.17. The van der Waals surface area contributed by atoms with E-state index < -0.39 is 5.97 Å². The molecule has 0 bridgehead atoms. The molecule has 41 heavy (non-hydrogen) atoms. The molecular formula is C29H20N8O4. The fraction of sp³-hybridized carbons (Fsp3) is 0. The number of hydrogen-bond acceptors (Lipinski definition) is 5. The van der Waals surface area contributed by atoms with Crippen LogP contribution in [0.2, 0.25) is 0 Å². The molecule has 0 aliphatic heterocycles. The SMILES string of the molecule is O=C(O)c1[nH]cc2c1ncc1c(=O)n(-c3ccccc3)[nH]c12.O=c1c2cnc3c[nH]cc3c2[nH]n1-c1ccccc1. The third-order valence-electron chi connectivity index (χ3n) is 6.87. The zero-order valence-corrected chi connectivity index (χ0v) is 21.1. The summed E-state index contributed by atoms with van der Waals surface area (Å²) in [6.07, 6.45) is 8.21. The number of carboxylic acids is 1. The highest BCUT2D eigenvalue weighted by molar-refractivity contribution is 6.10. The third-order valence-corrected chi connectivity index (χ3v) is 6.87. The third kappa shape index (κ3) is 3.81. The van der Waals surface area contributed by atoms with Crippen LogP contribution in [-0.2, 0) is 0 Å². The quantitative estimate of drug-likeness (QED) is 0.224. The number of carbonyl (C=O) groups is 1. The first kappa shape index (κ1) is 23.9. The van der Waals surface area contributed by atoms with Crippen molar-refractivity contribution >= 4 is 49.6 Å². The van der Waals surface area contributed by atoms with Crippen LogP contribution in [0.3, 0.4) is 0 Å². The molecule has 0 fully saturated rings. The molecule has 0 saturated carbocycles. The van der Waals surface area contributed by atoms with Gasteiger partial charge < -0.3 is 15.1 Å². The van der Waals surface area contributed by atoms with Gasteiger partial charge in [-0.05, 0) is 24.3 Å². The molecule has 5 N–H and O–H groups in total. The molecule has 12 nitrogen and oxygen atoms in total. The fourth-order valence-electron chi connectivity index (χ4n) is 4.90. The number of carboxylic acid groups (broad SMARTS) is 1. The number of aromatic amines is 4. The number of pyridine rings is 2. The first-order chi connectivity index (χ1) is 20.0. The van der Waals surface area contributed by atoms with E-state index in [0.29, 0.717) is 32.9 Å². The number of para-hydroxylation sites is 2. The first-order valence-electron chi connectivity index (χ1n) is 12.5. The standard InChI is InChI=1S/C15H10N4O3.C14H10N4O/c20-14-10-7-16-12-9(6-17-13(12)15(21)22)11(10)18-19(14)8-4-2-1-3-5-8;19-14-11-7-16-12-8-15-6-10(12)13(11)17-18(14)9-4-2-1-3-5-9/h1-7,17-18H,(H,21,22);1-8,15,17H. The van der Waals surface area contributed by atoms with Crippen LogP contribution in [0, 0.1) is 0 Å². The summed E-state index contributed by atoms with van der Waals surface area (Å²) in [6.45, 7) is 0. The maximum absolute atomic E-state index is 12.5. The average molecular weight is 545 g/mol. The van der Waals surface area contributed by atoms with Crippen molar-refractivity contribution in [3.05, 3.63) is 118 Å². The minimum absolute atomic E-state index is 0.00482. The normalized spacial score (nSPS) is 11.3. The monoisotopic (exact) mass is 544 g/mol. The second-order valence-electron chi connectivity index (χ2n) is 9.25. The number of H-pyrrole nitrogens is 4. The number of aromatic carboxylic acids is 1. The molecule has 6 aromatic heterocycles. The highest BCUT2D eigenvalue weighted by atomic mass is 16.4. The fourth-order valence-corrected chi connectivity index (χ4v) is 4.90. The van der Waals surface area contributed by atoms with E-state index in [1.807, 2.05) is 60.9 Å². The highest BCUT2D eigenvalue weighted by Gasteiger charge is 2.18. The molecule has 0 aliphatic rings. The Morgan fingerprint density at radius 2 is 1.24 bits per heavy atom. The maximum Gasteiger partial charge on any atom is 0.354 e. The van der Waals surface area contributed by atoms with E-state index in [-0.39, 0.29) is 16.8 Å². The van der Waals surface area contributed by atoms with Crippen molar-refractivity contribution in [1.29, 1.82) is 0 Å². The molecule has 0 spiro atoms. The van der Waals surface area contributed by atoms with E-state index in [9.17, 15) is 14.4 Å². The number of fused-ring (bicyclic) bond motifs is 6. The van der Waals surface area contributed by atoms with Gasteiger partial charge in [-0.25, -0.2) is 14.2 Å². The molecule has 0 saturated heterocycles. The van der Waals surface area contributed by atoms with Crippen molar-refractivity contribution in [2.75, 3.05) is 0 Å². The van der Waals surface area contributed by atoms with E-state index >= 15 is 0 Å². The summed E-state index contributed by atoms with van der Waals surface area (Å²) in [5.41, 5.74) is 3.73. The Kier molecular flexibility index (Phi) is 5.39. The molecular weight excluding hydrogens is 524 g/mol. The van der Waals surface area contributed by atoms with E-state index in [1.54, 1.807) is 29.2 Å². The zero-order valence-electron chi connectivity index (χ0n) is 21.1. The van der Waals surface area contributed by atoms with Crippen molar-refractivity contribution in [1.82, 2.24) is 39.5 Å². The second-order valence-corrected chi connectivity index (χ2v) is 9.25. The van der Waals surface area contributed by atoms with Gasteiger partial charge in [0, 0.05) is 41.8 Å². The first-order valence-corrected chi connectivity index (χ1v) is 12.5. The Labute approximate surface area is 228 Å². The minimum atomic E-state index is -1.09. The lowest BCUT2D eigenvalue weighted by molar-refractivity contribution is 0.0693. The Bertz CT molecular complexity index is 2340. The summed E-state index contributed by atoms with van der Waals surface area (Å²) in [5.74, 6) is -1.09. The molecule has 12 heteroatoms. The topological polar surface area (TPSA) is 170 Å². The van der Waals surface area contributed by atoms with Gasteiger partial charge in [-0.3, -0.25) is 29.8 Å². The van der Waals surface area contributed by atoms with Crippen LogP contribution in [0.1, 0.15) is 10.5 Å². The molecule has 0 atom stereocenters. The minimum Gasteiger partial charge on any atom is -0.477 e. The van der Waals surface area contributed by atoms with Crippen molar-refractivity contribution in [3.8, 4) is 11.4 Å². The summed E-state index contributed by atoms with van der Waals surface area (Å²) in [4.78, 5) is 50.1. The van der Waals surface area contributed by atoms with Crippen molar-refractivity contribution in [2.24, 2.45) is 0 Å². The average Bonchev–Trinajstić information content (AvgIpc) is 3.78. The van der Waals surface area contributed by atoms with Gasteiger partial charge in [0.1, 0.15) is 5.52 Å². The van der Waals surface area contributed by atoms with Crippen LogP contribution in [0.15, 0.2) is 101 Å². The summed E-state index contributed by atoms with van der Waals surface area (Å²) in [6, 6.07) is 18.6. The van der Waals surface area contributed by atoms with Gasteiger partial charge in [0.25, 0.3) is 11.1 Å². The van der Waals surface area contributed by atoms with Crippen molar-refractivity contribution in [2.45, 2.75) is 0 Å². The number of nitrogens with zero attached hydrogens (tertiary/aromatic N) is 4. The van der Waals surface area contributed by atoms with Gasteiger partial charge in [-0.1, -0.05) is 36.4 Å². The molecule has 0 unspecified atom stereocenters. The predicted molar refractivity (Wildman–Crippen MR) is 154 cm³/mol. The van der Waals surface area contributed by atoms with Gasteiger partial charge >= 0.3 is 5.97 Å². The van der Waals surface area contributed by atoms with E-state index in [2.05, 4.69) is 30.1 Å². The molecule has 0 amide bonds. The number of nitrogens with one attached hydrogen (secondary N) is 4. The second kappa shape index (κ2) is 9.24. The highest BCUT2D eigenvalue weighted by Crippen LogP contribution is 2.23. The summed E-state index contributed by atoms with van der Waals surface area (Å²) >= 11 is 0. The van der Waals surface area contributed by atoms with Gasteiger partial charge in [0.2, 0.25) is 0 Å². The number of hydrogen-bond donors (Lipinski definition) is 5. The van der Waals surface area contributed by atoms with E-state index in [0.717, 1.165) is 22.1 Å². The Morgan fingerprint density at radius 3 is 1.83 bits per heavy atom. The van der Waals surface area contributed by atoms with Crippen LogP contribution in [0.25, 0.3) is 55.0 Å². The lowest BCUT2D eigenvalue weighted by Crippen LogP contribution is -2.13. The molecule has 0 radical (unpaired) electrons. The molecule has 2 aromatic carbocycles. The Morgan fingerprint density at radius 1 is 0.683 bits per heavy atom. The Balaban J connectivity index is 0.000000136. The molecule has 200 valence electrons. The van der Waals surface area contributed by atoms with Gasteiger partial charge in [-0.2, -0.15) is 0 Å². The van der Waals surface area contributed by atoms with Gasteiger partial charge in [0.15, 0.2) is 5.69 Å². The lowest BCUT2D eigenvalue weighted by Gasteiger charge is -1.99. The summed E-state index contributed by atoms with van der Waals surface area (Å²) in [7, 11) is 0. The number of aromatic nitrogens is 8. The zero-order chi connectivity index (χ0) is 28.1. The van der Waals surface area contributed by atoms with Crippen LogP contribution < -0.4 is 11.1 Å². The van der Waals surface area contributed by atoms with E-state index in [4.69, 9.17) is 5.11 Å². The summed E-state index contributed by atoms with van der Waals surface area (Å²) < 4.78 is 2.96. The molecule has 8 rings (SSSR count). The molecule has 0 aliphatic carbocycles. The van der Waals surface area contributed by atoms with E-state index in [1.165, 1.54) is 10.9 Å². The van der Waals surface area contributed by atoms with Crippen LogP contribution in [-0.4, -0.2) is 50.6 Å². The lowest BCUT2D eigenvalue weighted by atomic mass is 10.2. The van der Waals surface area contributed by atoms with Crippen LogP contribution in [0.5, 0.6) is 0 Å². The maximum atomic E-state index is 12.5. The smallest absolute Gasteiger partial charge is 0.354 e. The number of rotatable bonds is 3. The molecule has 8 aromatic rings. The van der Waals surface area contributed by atoms with Gasteiger partial charge in [0.05, 0.1) is 38.7 Å².